The Kier molecular flexibility index (Phi) is 2.05. The van der Waals surface area contributed by atoms with E-state index in [0.29, 0.717) is 5.84 Å². The summed E-state index contributed by atoms with van der Waals surface area (Å²) in [7, 11) is 0. The predicted molar refractivity (Wildman–Crippen MR) is 54.0 cm³/mol. The summed E-state index contributed by atoms with van der Waals surface area (Å²) in [6.07, 6.45) is 1.08. The fourth-order valence-corrected chi connectivity index (χ4v) is 1.78. The highest BCUT2D eigenvalue weighted by Gasteiger charge is 2.14. The molecule has 0 amide bonds. The molecule has 1 heterocycles. The fourth-order valence-electron chi connectivity index (χ4n) is 1.78. The maximum Gasteiger partial charge on any atom is 0.0928 e. The highest BCUT2D eigenvalue weighted by atomic mass is 15.2. The molecule has 2 heteroatoms. The second-order valence-corrected chi connectivity index (χ2v) is 3.53. The molecule has 0 saturated carbocycles. The molecule has 0 bridgehead atoms. The van der Waals surface area contributed by atoms with Crippen LogP contribution in [0.15, 0.2) is 24.3 Å². The van der Waals surface area contributed by atoms with Crippen LogP contribution in [-0.2, 0) is 13.0 Å². The first-order valence-corrected chi connectivity index (χ1v) is 4.64. The average Bonchev–Trinajstić information content (AvgIpc) is 2.17. The molecule has 2 nitrogen and oxygen atoms in total. The molecule has 1 aliphatic heterocycles. The number of amidine groups is 1. The van der Waals surface area contributed by atoms with E-state index in [1.807, 2.05) is 6.92 Å². The molecule has 68 valence electrons. The largest absolute Gasteiger partial charge is 0.356 e. The van der Waals surface area contributed by atoms with E-state index >= 15 is 0 Å². The van der Waals surface area contributed by atoms with Crippen LogP contribution < -0.4 is 0 Å². The van der Waals surface area contributed by atoms with E-state index < -0.39 is 0 Å². The maximum atomic E-state index is 7.56. The lowest BCUT2D eigenvalue weighted by molar-refractivity contribution is 0.389. The third kappa shape index (κ3) is 1.57. The Morgan fingerprint density at radius 3 is 2.69 bits per heavy atom. The van der Waals surface area contributed by atoms with Crippen LogP contribution in [0.5, 0.6) is 0 Å². The summed E-state index contributed by atoms with van der Waals surface area (Å²) in [6.45, 7) is 3.76. The van der Waals surface area contributed by atoms with Crippen molar-refractivity contribution in [2.24, 2.45) is 0 Å². The summed E-state index contributed by atoms with van der Waals surface area (Å²) in [6, 6.07) is 8.50. The van der Waals surface area contributed by atoms with Crippen molar-refractivity contribution in [3.63, 3.8) is 0 Å². The number of benzene rings is 1. The summed E-state index contributed by atoms with van der Waals surface area (Å²) in [4.78, 5) is 2.11. The zero-order valence-corrected chi connectivity index (χ0v) is 7.88. The van der Waals surface area contributed by atoms with Gasteiger partial charge in [0.15, 0.2) is 0 Å². The molecule has 0 aliphatic carbocycles. The van der Waals surface area contributed by atoms with Gasteiger partial charge in [-0.1, -0.05) is 24.3 Å². The first kappa shape index (κ1) is 8.30. The lowest BCUT2D eigenvalue weighted by atomic mass is 10.00. The second-order valence-electron chi connectivity index (χ2n) is 3.53. The van der Waals surface area contributed by atoms with Gasteiger partial charge < -0.3 is 4.90 Å². The van der Waals surface area contributed by atoms with Crippen molar-refractivity contribution >= 4 is 5.84 Å². The zero-order chi connectivity index (χ0) is 9.26. The van der Waals surface area contributed by atoms with E-state index in [1.165, 1.54) is 11.1 Å². The Labute approximate surface area is 78.7 Å². The summed E-state index contributed by atoms with van der Waals surface area (Å²) >= 11 is 0. The standard InChI is InChI=1S/C11H14N2/c1-9(12)13-7-6-10-4-2-3-5-11(10)8-13/h2-5,12H,6-8H2,1H3. The van der Waals surface area contributed by atoms with Crippen molar-refractivity contribution in [3.05, 3.63) is 35.4 Å². The van der Waals surface area contributed by atoms with Crippen molar-refractivity contribution in [3.8, 4) is 0 Å². The number of hydrogen-bond acceptors (Lipinski definition) is 1. The van der Waals surface area contributed by atoms with Gasteiger partial charge in [-0.05, 0) is 24.5 Å². The van der Waals surface area contributed by atoms with Crippen molar-refractivity contribution in [2.45, 2.75) is 19.9 Å². The minimum Gasteiger partial charge on any atom is -0.356 e. The summed E-state index contributed by atoms with van der Waals surface area (Å²) in [5.41, 5.74) is 2.82. The van der Waals surface area contributed by atoms with Crippen LogP contribution in [0.2, 0.25) is 0 Å². The highest BCUT2D eigenvalue weighted by molar-refractivity contribution is 5.76. The summed E-state index contributed by atoms with van der Waals surface area (Å²) in [5, 5.41) is 7.56. The van der Waals surface area contributed by atoms with Crippen LogP contribution in [0.1, 0.15) is 18.1 Å². The molecule has 1 N–H and O–H groups in total. The molecule has 13 heavy (non-hydrogen) atoms. The minimum absolute atomic E-state index is 0.675. The Hall–Kier alpha value is -1.31. The van der Waals surface area contributed by atoms with Gasteiger partial charge >= 0.3 is 0 Å². The van der Waals surface area contributed by atoms with E-state index in [4.69, 9.17) is 5.41 Å². The second kappa shape index (κ2) is 3.21. The van der Waals surface area contributed by atoms with Gasteiger partial charge in [0, 0.05) is 13.1 Å². The molecule has 1 aromatic carbocycles. The molecule has 0 atom stereocenters. The lowest BCUT2D eigenvalue weighted by Gasteiger charge is -2.29. The zero-order valence-electron chi connectivity index (χ0n) is 7.88. The molecule has 0 spiro atoms. The Balaban J connectivity index is 2.24. The molecule has 0 aromatic heterocycles. The van der Waals surface area contributed by atoms with Gasteiger partial charge in [-0.25, -0.2) is 0 Å². The van der Waals surface area contributed by atoms with Crippen LogP contribution in [0.4, 0.5) is 0 Å². The highest BCUT2D eigenvalue weighted by Crippen LogP contribution is 2.18. The van der Waals surface area contributed by atoms with Gasteiger partial charge in [-0.2, -0.15) is 0 Å². The lowest BCUT2D eigenvalue weighted by Crippen LogP contribution is -2.33. The number of hydrogen-bond donors (Lipinski definition) is 1. The number of fused-ring (bicyclic) bond motifs is 1. The van der Waals surface area contributed by atoms with Crippen molar-refractivity contribution in [1.82, 2.24) is 4.90 Å². The topological polar surface area (TPSA) is 27.1 Å². The van der Waals surface area contributed by atoms with Crippen molar-refractivity contribution < 1.29 is 0 Å². The van der Waals surface area contributed by atoms with Crippen LogP contribution in [-0.4, -0.2) is 17.3 Å². The Bertz CT molecular complexity index is 331. The van der Waals surface area contributed by atoms with Gasteiger partial charge in [-0.15, -0.1) is 0 Å². The van der Waals surface area contributed by atoms with E-state index in [0.717, 1.165) is 19.5 Å². The molecular weight excluding hydrogens is 160 g/mol. The van der Waals surface area contributed by atoms with Crippen LogP contribution in [0.3, 0.4) is 0 Å². The number of nitrogens with zero attached hydrogens (tertiary/aromatic N) is 1. The van der Waals surface area contributed by atoms with Gasteiger partial charge in [0.05, 0.1) is 5.84 Å². The number of nitrogens with one attached hydrogen (secondary N) is 1. The van der Waals surface area contributed by atoms with Gasteiger partial charge in [-0.3, -0.25) is 5.41 Å². The summed E-state index contributed by atoms with van der Waals surface area (Å²) in [5.74, 6) is 0.675. The molecule has 0 saturated heterocycles. The first-order chi connectivity index (χ1) is 6.27. The first-order valence-electron chi connectivity index (χ1n) is 4.64. The van der Waals surface area contributed by atoms with Gasteiger partial charge in [0.25, 0.3) is 0 Å². The SMILES string of the molecule is CC(=N)N1CCc2ccccc2C1. The molecule has 1 aliphatic rings. The molecule has 0 radical (unpaired) electrons. The van der Waals surface area contributed by atoms with Crippen molar-refractivity contribution in [1.29, 1.82) is 5.41 Å². The van der Waals surface area contributed by atoms with E-state index in [1.54, 1.807) is 0 Å². The maximum absolute atomic E-state index is 7.56. The molecule has 1 aromatic rings. The molecular formula is C11H14N2. The van der Waals surface area contributed by atoms with Crippen molar-refractivity contribution in [2.75, 3.05) is 6.54 Å². The van der Waals surface area contributed by atoms with Crippen LogP contribution >= 0.6 is 0 Å². The van der Waals surface area contributed by atoms with Gasteiger partial charge in [0.1, 0.15) is 0 Å². The van der Waals surface area contributed by atoms with E-state index in [-0.39, 0.29) is 0 Å². The fraction of sp³-hybridized carbons (Fsp3) is 0.364. The average molecular weight is 174 g/mol. The van der Waals surface area contributed by atoms with Crippen LogP contribution in [0, 0.1) is 5.41 Å². The quantitative estimate of drug-likeness (QED) is 0.473. The van der Waals surface area contributed by atoms with E-state index in [9.17, 15) is 0 Å². The molecule has 2 rings (SSSR count). The Morgan fingerprint density at radius 1 is 1.31 bits per heavy atom. The molecule has 0 unspecified atom stereocenters. The normalized spacial score (nSPS) is 15.3. The third-order valence-electron chi connectivity index (χ3n) is 2.60. The third-order valence-corrected chi connectivity index (χ3v) is 2.60. The predicted octanol–water partition coefficient (Wildman–Crippen LogP) is 2.04. The minimum atomic E-state index is 0.675. The summed E-state index contributed by atoms with van der Waals surface area (Å²) < 4.78 is 0. The Morgan fingerprint density at radius 2 is 2.00 bits per heavy atom. The number of rotatable bonds is 0. The van der Waals surface area contributed by atoms with Gasteiger partial charge in [0.2, 0.25) is 0 Å². The smallest absolute Gasteiger partial charge is 0.0928 e. The van der Waals surface area contributed by atoms with Crippen LogP contribution in [0.25, 0.3) is 0 Å². The molecule has 0 fully saturated rings. The monoisotopic (exact) mass is 174 g/mol. The van der Waals surface area contributed by atoms with E-state index in [2.05, 4.69) is 29.2 Å².